The van der Waals surface area contributed by atoms with Gasteiger partial charge in [-0.25, -0.2) is 0 Å². The lowest BCUT2D eigenvalue weighted by molar-refractivity contribution is 0.363. The van der Waals surface area contributed by atoms with Gasteiger partial charge >= 0.3 is 0 Å². The normalized spacial score (nSPS) is 26.3. The van der Waals surface area contributed by atoms with Gasteiger partial charge in [0.05, 0.1) is 0 Å². The van der Waals surface area contributed by atoms with Gasteiger partial charge in [-0.2, -0.15) is 4.98 Å². The third-order valence-electron chi connectivity index (χ3n) is 3.78. The Labute approximate surface area is 103 Å². The molecule has 0 amide bonds. The van der Waals surface area contributed by atoms with Gasteiger partial charge in [0.15, 0.2) is 5.82 Å². The summed E-state index contributed by atoms with van der Waals surface area (Å²) in [4.78, 5) is 4.50. The Morgan fingerprint density at radius 1 is 1.47 bits per heavy atom. The van der Waals surface area contributed by atoms with Crippen LogP contribution in [0.4, 0.5) is 0 Å². The van der Waals surface area contributed by atoms with Crippen LogP contribution in [0.2, 0.25) is 0 Å². The maximum absolute atomic E-state index is 5.72. The van der Waals surface area contributed by atoms with Crippen LogP contribution in [0.1, 0.15) is 63.6 Å². The molecule has 3 unspecified atom stereocenters. The van der Waals surface area contributed by atoms with Crippen molar-refractivity contribution in [3.8, 4) is 0 Å². The van der Waals surface area contributed by atoms with E-state index in [1.807, 2.05) is 6.92 Å². The van der Waals surface area contributed by atoms with Crippen molar-refractivity contribution < 1.29 is 4.52 Å². The molecule has 1 aliphatic rings. The van der Waals surface area contributed by atoms with E-state index in [0.29, 0.717) is 5.92 Å². The van der Waals surface area contributed by atoms with Gasteiger partial charge in [0.1, 0.15) is 0 Å². The van der Waals surface area contributed by atoms with Crippen molar-refractivity contribution in [3.05, 3.63) is 11.7 Å². The highest BCUT2D eigenvalue weighted by Crippen LogP contribution is 2.38. The maximum Gasteiger partial charge on any atom is 0.226 e. The van der Waals surface area contributed by atoms with Crippen molar-refractivity contribution in [2.75, 3.05) is 0 Å². The first kappa shape index (κ1) is 12.6. The topological polar surface area (TPSA) is 64.9 Å². The lowest BCUT2D eigenvalue weighted by atomic mass is 10.0. The first-order valence-electron chi connectivity index (χ1n) is 6.77. The number of nitrogens with zero attached hydrogens (tertiary/aromatic N) is 2. The quantitative estimate of drug-likeness (QED) is 0.855. The molecular formula is C13H23N3O. The minimum atomic E-state index is 0.196. The van der Waals surface area contributed by atoms with Crippen molar-refractivity contribution in [3.63, 3.8) is 0 Å². The van der Waals surface area contributed by atoms with E-state index in [-0.39, 0.29) is 6.04 Å². The zero-order valence-electron chi connectivity index (χ0n) is 10.9. The third kappa shape index (κ3) is 3.28. The maximum atomic E-state index is 5.72. The van der Waals surface area contributed by atoms with E-state index in [1.165, 1.54) is 25.7 Å². The van der Waals surface area contributed by atoms with Crippen LogP contribution in [0, 0.1) is 5.92 Å². The second-order valence-corrected chi connectivity index (χ2v) is 5.35. The fourth-order valence-corrected chi connectivity index (χ4v) is 2.57. The lowest BCUT2D eigenvalue weighted by Crippen LogP contribution is -2.15. The fourth-order valence-electron chi connectivity index (χ4n) is 2.57. The number of aryl methyl sites for hydroxylation is 1. The number of nitrogens with two attached hydrogens (primary N) is 1. The van der Waals surface area contributed by atoms with E-state index < -0.39 is 0 Å². The molecule has 1 aromatic heterocycles. The Kier molecular flexibility index (Phi) is 4.15. The smallest absolute Gasteiger partial charge is 0.226 e. The molecule has 4 heteroatoms. The number of rotatable bonds is 5. The van der Waals surface area contributed by atoms with Gasteiger partial charge < -0.3 is 10.3 Å². The molecule has 0 spiro atoms. The highest BCUT2D eigenvalue weighted by atomic mass is 16.5. The summed E-state index contributed by atoms with van der Waals surface area (Å²) in [5, 5.41) is 4.12. The van der Waals surface area contributed by atoms with E-state index in [1.54, 1.807) is 0 Å². The van der Waals surface area contributed by atoms with Crippen LogP contribution < -0.4 is 5.73 Å². The average Bonchev–Trinajstić information content (AvgIpc) is 2.94. The molecule has 0 saturated heterocycles. The van der Waals surface area contributed by atoms with Gasteiger partial charge in [-0.1, -0.05) is 18.5 Å². The summed E-state index contributed by atoms with van der Waals surface area (Å²) in [6.07, 6.45) is 6.72. The summed E-state index contributed by atoms with van der Waals surface area (Å²) in [6.45, 7) is 4.26. The Morgan fingerprint density at radius 3 is 2.94 bits per heavy atom. The van der Waals surface area contributed by atoms with Crippen molar-refractivity contribution in [1.82, 2.24) is 10.1 Å². The lowest BCUT2D eigenvalue weighted by Gasteiger charge is -2.04. The second-order valence-electron chi connectivity index (χ2n) is 5.35. The van der Waals surface area contributed by atoms with Crippen LogP contribution in [0.5, 0.6) is 0 Å². The van der Waals surface area contributed by atoms with Gasteiger partial charge in [0, 0.05) is 18.4 Å². The highest BCUT2D eigenvalue weighted by molar-refractivity contribution is 4.99. The first-order chi connectivity index (χ1) is 8.19. The van der Waals surface area contributed by atoms with Gasteiger partial charge in [0.25, 0.3) is 0 Å². The molecule has 1 heterocycles. The van der Waals surface area contributed by atoms with Crippen LogP contribution in [-0.4, -0.2) is 16.2 Å². The van der Waals surface area contributed by atoms with Gasteiger partial charge in [-0.3, -0.25) is 0 Å². The van der Waals surface area contributed by atoms with Crippen LogP contribution in [0.25, 0.3) is 0 Å². The fraction of sp³-hybridized carbons (Fsp3) is 0.846. The Morgan fingerprint density at radius 2 is 2.29 bits per heavy atom. The zero-order chi connectivity index (χ0) is 12.3. The van der Waals surface area contributed by atoms with Crippen molar-refractivity contribution in [2.24, 2.45) is 11.7 Å². The summed E-state index contributed by atoms with van der Waals surface area (Å²) < 4.78 is 5.28. The highest BCUT2D eigenvalue weighted by Gasteiger charge is 2.28. The van der Waals surface area contributed by atoms with Crippen molar-refractivity contribution in [2.45, 2.75) is 64.3 Å². The molecule has 0 aromatic carbocycles. The number of hydrogen-bond acceptors (Lipinski definition) is 4. The molecule has 2 rings (SSSR count). The Balaban J connectivity index is 1.90. The number of aromatic nitrogens is 2. The Hall–Kier alpha value is -0.900. The molecule has 3 atom stereocenters. The van der Waals surface area contributed by atoms with Gasteiger partial charge in [0.2, 0.25) is 5.89 Å². The van der Waals surface area contributed by atoms with Crippen molar-refractivity contribution >= 4 is 0 Å². The van der Waals surface area contributed by atoms with Crippen LogP contribution in [-0.2, 0) is 6.42 Å². The first-order valence-corrected chi connectivity index (χ1v) is 6.77. The second kappa shape index (κ2) is 5.63. The molecule has 0 radical (unpaired) electrons. The van der Waals surface area contributed by atoms with Crippen LogP contribution in [0.15, 0.2) is 4.52 Å². The summed E-state index contributed by atoms with van der Waals surface area (Å²) in [5.74, 6) is 3.04. The minimum Gasteiger partial charge on any atom is -0.339 e. The average molecular weight is 237 g/mol. The monoisotopic (exact) mass is 237 g/mol. The molecule has 0 aliphatic heterocycles. The van der Waals surface area contributed by atoms with E-state index >= 15 is 0 Å². The van der Waals surface area contributed by atoms with E-state index in [9.17, 15) is 0 Å². The minimum absolute atomic E-state index is 0.196. The summed E-state index contributed by atoms with van der Waals surface area (Å²) >= 11 is 0. The van der Waals surface area contributed by atoms with Crippen molar-refractivity contribution in [1.29, 1.82) is 0 Å². The van der Waals surface area contributed by atoms with E-state index in [4.69, 9.17) is 10.3 Å². The SMILES string of the molecule is CCC1CCC(c2noc(CCC(C)N)n2)C1. The molecule has 1 fully saturated rings. The third-order valence-corrected chi connectivity index (χ3v) is 3.78. The molecular weight excluding hydrogens is 214 g/mol. The summed E-state index contributed by atoms with van der Waals surface area (Å²) in [7, 11) is 0. The molecule has 96 valence electrons. The molecule has 1 saturated carbocycles. The molecule has 2 N–H and O–H groups in total. The van der Waals surface area contributed by atoms with E-state index in [2.05, 4.69) is 17.1 Å². The van der Waals surface area contributed by atoms with Gasteiger partial charge in [-0.05, 0) is 38.5 Å². The molecule has 1 aliphatic carbocycles. The predicted molar refractivity (Wildman–Crippen MR) is 66.6 cm³/mol. The molecule has 4 nitrogen and oxygen atoms in total. The molecule has 0 bridgehead atoms. The molecule has 17 heavy (non-hydrogen) atoms. The molecule has 1 aromatic rings. The standard InChI is InChI=1S/C13H23N3O/c1-3-10-5-6-11(8-10)13-15-12(17-16-13)7-4-9(2)14/h9-11H,3-8,14H2,1-2H3. The Bertz CT molecular complexity index is 348. The largest absolute Gasteiger partial charge is 0.339 e. The zero-order valence-corrected chi connectivity index (χ0v) is 10.9. The summed E-state index contributed by atoms with van der Waals surface area (Å²) in [6, 6.07) is 0.196. The summed E-state index contributed by atoms with van der Waals surface area (Å²) in [5.41, 5.74) is 5.72. The van der Waals surface area contributed by atoms with Crippen LogP contribution >= 0.6 is 0 Å². The van der Waals surface area contributed by atoms with E-state index in [0.717, 1.165) is 30.5 Å². The number of hydrogen-bond donors (Lipinski definition) is 1. The van der Waals surface area contributed by atoms with Gasteiger partial charge in [-0.15, -0.1) is 0 Å². The predicted octanol–water partition coefficient (Wildman–Crippen LogP) is 2.64. The van der Waals surface area contributed by atoms with Crippen LogP contribution in [0.3, 0.4) is 0 Å².